The lowest BCUT2D eigenvalue weighted by molar-refractivity contribution is -0.198. The van der Waals surface area contributed by atoms with Crippen molar-refractivity contribution in [3.63, 3.8) is 0 Å². The topological polar surface area (TPSA) is 47.6 Å². The molecule has 24 heavy (non-hydrogen) atoms. The van der Waals surface area contributed by atoms with Crippen molar-refractivity contribution >= 4 is 5.97 Å². The molecule has 2 aromatic carbocycles. The van der Waals surface area contributed by atoms with E-state index in [0.717, 1.165) is 29.8 Å². The number of ether oxygens (including phenoxy) is 2. The minimum absolute atomic E-state index is 0.320. The Hall–Kier alpha value is -2.17. The summed E-state index contributed by atoms with van der Waals surface area (Å²) in [7, 11) is 0. The monoisotopic (exact) mass is 323 g/mol. The van der Waals surface area contributed by atoms with E-state index in [1.807, 2.05) is 61.5 Å². The van der Waals surface area contributed by atoms with Crippen LogP contribution in [0.3, 0.4) is 0 Å². The van der Waals surface area contributed by atoms with Gasteiger partial charge in [-0.3, -0.25) is 0 Å². The average Bonchev–Trinajstić information content (AvgIpc) is 2.90. The van der Waals surface area contributed by atoms with Gasteiger partial charge < -0.3 is 14.8 Å². The van der Waals surface area contributed by atoms with Crippen LogP contribution in [0.15, 0.2) is 54.6 Å². The Labute approximate surface area is 141 Å². The second-order valence-electron chi connectivity index (χ2n) is 6.57. The molecule has 2 aromatic rings. The summed E-state index contributed by atoms with van der Waals surface area (Å²) in [6.45, 7) is 3.60. The molecule has 2 heterocycles. The fraction of sp³-hybridized carbons (Fsp3) is 0.350. The second-order valence-corrected chi connectivity index (χ2v) is 6.57. The van der Waals surface area contributed by atoms with Crippen LogP contribution in [0.2, 0.25) is 0 Å². The summed E-state index contributed by atoms with van der Waals surface area (Å²) < 4.78 is 12.3. The first kappa shape index (κ1) is 15.4. The maximum absolute atomic E-state index is 13.1. The van der Waals surface area contributed by atoms with Crippen LogP contribution in [-0.2, 0) is 19.9 Å². The summed E-state index contributed by atoms with van der Waals surface area (Å²) in [5.41, 5.74) is 1.59. The Morgan fingerprint density at radius 2 is 1.54 bits per heavy atom. The van der Waals surface area contributed by atoms with E-state index in [-0.39, 0.29) is 5.97 Å². The highest BCUT2D eigenvalue weighted by atomic mass is 16.8. The number of aryl methyl sites for hydroxylation is 1. The summed E-state index contributed by atoms with van der Waals surface area (Å²) in [4.78, 5) is 13.1. The van der Waals surface area contributed by atoms with Crippen LogP contribution in [0.25, 0.3) is 0 Å². The lowest BCUT2D eigenvalue weighted by Gasteiger charge is -2.33. The van der Waals surface area contributed by atoms with Crippen LogP contribution < -0.4 is 5.32 Å². The highest BCUT2D eigenvalue weighted by Crippen LogP contribution is 2.47. The molecule has 4 rings (SSSR count). The quantitative estimate of drug-likeness (QED) is 0.863. The molecule has 2 aliphatic heterocycles. The van der Waals surface area contributed by atoms with Crippen molar-refractivity contribution in [2.75, 3.05) is 13.1 Å². The molecule has 1 N–H and O–H groups in total. The van der Waals surface area contributed by atoms with Gasteiger partial charge in [0.15, 0.2) is 0 Å². The summed E-state index contributed by atoms with van der Waals surface area (Å²) in [6.07, 6.45) is 1.33. The normalized spacial score (nSPS) is 25.6. The zero-order valence-electron chi connectivity index (χ0n) is 13.7. The van der Waals surface area contributed by atoms with Gasteiger partial charge in [-0.05, 0) is 18.1 Å². The first-order valence-corrected chi connectivity index (χ1v) is 8.42. The van der Waals surface area contributed by atoms with E-state index in [1.165, 1.54) is 0 Å². The highest BCUT2D eigenvalue weighted by Gasteiger charge is 2.60. The van der Waals surface area contributed by atoms with E-state index in [1.54, 1.807) is 0 Å². The van der Waals surface area contributed by atoms with E-state index in [2.05, 4.69) is 5.32 Å². The molecule has 2 saturated heterocycles. The highest BCUT2D eigenvalue weighted by molar-refractivity contribution is 5.87. The van der Waals surface area contributed by atoms with E-state index in [0.29, 0.717) is 12.8 Å². The molecule has 2 aliphatic rings. The largest absolute Gasteiger partial charge is 0.430 e. The lowest BCUT2D eigenvalue weighted by atomic mass is 9.86. The van der Waals surface area contributed by atoms with Crippen LogP contribution >= 0.6 is 0 Å². The molecule has 1 atom stereocenters. The lowest BCUT2D eigenvalue weighted by Crippen LogP contribution is -2.44. The molecule has 0 amide bonds. The molecule has 1 spiro atoms. The molecule has 4 heteroatoms. The van der Waals surface area contributed by atoms with Crippen LogP contribution in [0.1, 0.15) is 29.5 Å². The first-order chi connectivity index (χ1) is 11.6. The molecule has 124 valence electrons. The summed E-state index contributed by atoms with van der Waals surface area (Å²) in [5, 5.41) is 3.29. The van der Waals surface area contributed by atoms with Crippen molar-refractivity contribution in [2.24, 2.45) is 0 Å². The van der Waals surface area contributed by atoms with E-state index < -0.39 is 11.4 Å². The fourth-order valence-corrected chi connectivity index (χ4v) is 3.58. The van der Waals surface area contributed by atoms with Gasteiger partial charge in [0.2, 0.25) is 11.4 Å². The number of rotatable bonds is 2. The Morgan fingerprint density at radius 3 is 2.21 bits per heavy atom. The van der Waals surface area contributed by atoms with Gasteiger partial charge in [-0.2, -0.15) is 0 Å². The first-order valence-electron chi connectivity index (χ1n) is 8.42. The number of nitrogens with one attached hydrogen (secondary N) is 1. The maximum atomic E-state index is 13.1. The second kappa shape index (κ2) is 5.72. The number of hydrogen-bond donors (Lipinski definition) is 1. The van der Waals surface area contributed by atoms with Crippen molar-refractivity contribution in [1.29, 1.82) is 0 Å². The molecule has 0 bridgehead atoms. The molecular formula is C20H21NO3. The third kappa shape index (κ3) is 2.34. The Balaban J connectivity index is 1.85. The summed E-state index contributed by atoms with van der Waals surface area (Å²) >= 11 is 0. The van der Waals surface area contributed by atoms with Gasteiger partial charge in [-0.1, -0.05) is 60.2 Å². The van der Waals surface area contributed by atoms with Crippen LogP contribution in [0.5, 0.6) is 0 Å². The van der Waals surface area contributed by atoms with E-state index in [4.69, 9.17) is 9.47 Å². The molecular weight excluding hydrogens is 302 g/mol. The van der Waals surface area contributed by atoms with Crippen molar-refractivity contribution in [3.05, 3.63) is 71.3 Å². The average molecular weight is 323 g/mol. The Bertz CT molecular complexity index is 735. The summed E-state index contributed by atoms with van der Waals surface area (Å²) in [5.74, 6) is -1.15. The van der Waals surface area contributed by atoms with Crippen molar-refractivity contribution in [3.8, 4) is 0 Å². The van der Waals surface area contributed by atoms with Gasteiger partial charge in [0.1, 0.15) is 0 Å². The number of benzene rings is 2. The van der Waals surface area contributed by atoms with Crippen molar-refractivity contribution < 1.29 is 14.3 Å². The Morgan fingerprint density at radius 1 is 0.917 bits per heavy atom. The minimum Gasteiger partial charge on any atom is -0.430 e. The number of carbonyl (C=O) groups is 1. The standard InChI is InChI=1S/C20H21NO3/c1-15-7-9-17(10-8-15)20(16-5-3-2-4-6-16)18(22)23-19(24-20)11-13-21-14-12-19/h2-10,21H,11-14H2,1H3. The smallest absolute Gasteiger partial charge is 0.350 e. The number of hydrogen-bond acceptors (Lipinski definition) is 4. The third-order valence-corrected chi connectivity index (χ3v) is 4.91. The van der Waals surface area contributed by atoms with Gasteiger partial charge in [-0.15, -0.1) is 0 Å². The van der Waals surface area contributed by atoms with E-state index >= 15 is 0 Å². The van der Waals surface area contributed by atoms with Crippen LogP contribution in [0, 0.1) is 6.92 Å². The molecule has 0 aliphatic carbocycles. The molecule has 0 aromatic heterocycles. The minimum atomic E-state index is -1.19. The van der Waals surface area contributed by atoms with Gasteiger partial charge in [0.25, 0.3) is 0 Å². The number of piperidine rings is 1. The predicted molar refractivity (Wildman–Crippen MR) is 90.4 cm³/mol. The zero-order valence-corrected chi connectivity index (χ0v) is 13.7. The maximum Gasteiger partial charge on any atom is 0.350 e. The van der Waals surface area contributed by atoms with Gasteiger partial charge in [0.05, 0.1) is 0 Å². The molecule has 0 saturated carbocycles. The van der Waals surface area contributed by atoms with Crippen LogP contribution in [-0.4, -0.2) is 24.8 Å². The molecule has 4 nitrogen and oxygen atoms in total. The molecule has 1 unspecified atom stereocenters. The number of carbonyl (C=O) groups excluding carboxylic acids is 1. The van der Waals surface area contributed by atoms with Gasteiger partial charge >= 0.3 is 5.97 Å². The van der Waals surface area contributed by atoms with Gasteiger partial charge in [-0.25, -0.2) is 4.79 Å². The third-order valence-electron chi connectivity index (χ3n) is 4.91. The van der Waals surface area contributed by atoms with Crippen LogP contribution in [0.4, 0.5) is 0 Å². The molecule has 2 fully saturated rings. The zero-order chi connectivity index (χ0) is 16.6. The van der Waals surface area contributed by atoms with Gasteiger partial charge in [0, 0.05) is 25.9 Å². The number of esters is 1. The molecule has 0 radical (unpaired) electrons. The Kier molecular flexibility index (Phi) is 3.66. The van der Waals surface area contributed by atoms with E-state index in [9.17, 15) is 4.79 Å². The fourth-order valence-electron chi connectivity index (χ4n) is 3.58. The SMILES string of the molecule is Cc1ccc(C2(c3ccccc3)OC3(CCNCC3)OC2=O)cc1. The van der Waals surface area contributed by atoms with Crippen molar-refractivity contribution in [2.45, 2.75) is 31.2 Å². The summed E-state index contributed by atoms with van der Waals surface area (Å²) in [6, 6.07) is 17.6. The predicted octanol–water partition coefficient (Wildman–Crippen LogP) is 2.89. The van der Waals surface area contributed by atoms with Crippen molar-refractivity contribution in [1.82, 2.24) is 5.32 Å².